The topological polar surface area (TPSA) is 46.0 Å². The van der Waals surface area contributed by atoms with E-state index in [1.807, 2.05) is 0 Å². The molecular weight excluding hydrogens is 253 g/mol. The van der Waals surface area contributed by atoms with Gasteiger partial charge in [-0.1, -0.05) is 0 Å². The number of alkyl halides is 3. The maximum Gasteiger partial charge on any atom is 0.452 e. The van der Waals surface area contributed by atoms with E-state index in [1.54, 1.807) is 13.0 Å². The van der Waals surface area contributed by atoms with E-state index in [1.165, 1.54) is 12.1 Å². The molecule has 1 aromatic heterocycles. The number of aromatic nitrogens is 2. The Bertz CT molecular complexity index is 551. The molecule has 0 unspecified atom stereocenters. The quantitative estimate of drug-likeness (QED) is 0.856. The highest BCUT2D eigenvalue weighted by Crippen LogP contribution is 2.32. The van der Waals surface area contributed by atoms with Crippen LogP contribution in [0.15, 0.2) is 18.2 Å². The molecule has 17 heavy (non-hydrogen) atoms. The van der Waals surface area contributed by atoms with Gasteiger partial charge in [-0.2, -0.15) is 17.5 Å². The monoisotopic (exact) mass is 260 g/mol. The van der Waals surface area contributed by atoms with Gasteiger partial charge in [-0.15, -0.1) is 0 Å². The molecule has 0 radical (unpaired) electrons. The van der Waals surface area contributed by atoms with Crippen LogP contribution >= 0.6 is 11.5 Å². The lowest BCUT2D eigenvalue weighted by molar-refractivity contribution is -0.144. The first-order valence-electron chi connectivity index (χ1n) is 4.59. The third kappa shape index (κ3) is 2.38. The summed E-state index contributed by atoms with van der Waals surface area (Å²) in [6.45, 7) is 1.66. The van der Waals surface area contributed by atoms with Crippen molar-refractivity contribution >= 4 is 11.5 Å². The molecule has 0 aliphatic rings. The average molecular weight is 260 g/mol. The van der Waals surface area contributed by atoms with E-state index in [2.05, 4.69) is 9.36 Å². The van der Waals surface area contributed by atoms with E-state index < -0.39 is 12.0 Å². The smallest absolute Gasteiger partial charge is 0.452 e. The summed E-state index contributed by atoms with van der Waals surface area (Å²) in [6, 6.07) is 4.48. The molecule has 1 aromatic carbocycles. The second kappa shape index (κ2) is 3.99. The number of phenols is 1. The predicted octanol–water partition coefficient (Wildman–Crippen LogP) is 3.24. The van der Waals surface area contributed by atoms with Gasteiger partial charge in [-0.25, -0.2) is 4.98 Å². The first-order valence-corrected chi connectivity index (χ1v) is 5.36. The minimum absolute atomic E-state index is 0.0920. The first kappa shape index (κ1) is 11.8. The van der Waals surface area contributed by atoms with E-state index in [0.29, 0.717) is 22.7 Å². The Morgan fingerprint density at radius 2 is 2.00 bits per heavy atom. The highest BCUT2D eigenvalue weighted by atomic mass is 32.1. The fraction of sp³-hybridized carbons (Fsp3) is 0.200. The van der Waals surface area contributed by atoms with Gasteiger partial charge in [0.2, 0.25) is 5.82 Å². The minimum atomic E-state index is -4.53. The zero-order valence-electron chi connectivity index (χ0n) is 8.62. The van der Waals surface area contributed by atoms with Gasteiger partial charge in [0.25, 0.3) is 0 Å². The van der Waals surface area contributed by atoms with Crippen LogP contribution in [0.1, 0.15) is 11.4 Å². The average Bonchev–Trinajstić information content (AvgIpc) is 2.70. The molecule has 90 valence electrons. The lowest BCUT2D eigenvalue weighted by Gasteiger charge is -2.01. The summed E-state index contributed by atoms with van der Waals surface area (Å²) in [5.74, 6) is -1.04. The summed E-state index contributed by atoms with van der Waals surface area (Å²) in [7, 11) is 0. The Morgan fingerprint density at radius 3 is 2.53 bits per heavy atom. The van der Waals surface area contributed by atoms with Crippen molar-refractivity contribution in [3.8, 4) is 16.3 Å². The molecule has 0 bridgehead atoms. The number of hydrogen-bond acceptors (Lipinski definition) is 4. The molecular formula is C10H7F3N2OS. The Hall–Kier alpha value is -1.63. The summed E-state index contributed by atoms with van der Waals surface area (Å²) < 4.78 is 40.2. The van der Waals surface area contributed by atoms with Gasteiger partial charge in [0.15, 0.2) is 0 Å². The predicted molar refractivity (Wildman–Crippen MR) is 56.7 cm³/mol. The normalized spacial score (nSPS) is 11.8. The molecule has 2 rings (SSSR count). The maximum atomic E-state index is 12.3. The summed E-state index contributed by atoms with van der Waals surface area (Å²) in [6.07, 6.45) is -4.53. The molecule has 0 atom stereocenters. The SMILES string of the molecule is Cc1cc(-c2nc(C(F)(F)F)ns2)ccc1O. The fourth-order valence-corrected chi connectivity index (χ4v) is 1.92. The largest absolute Gasteiger partial charge is 0.508 e. The van der Waals surface area contributed by atoms with Gasteiger partial charge in [0.1, 0.15) is 10.8 Å². The van der Waals surface area contributed by atoms with Gasteiger partial charge in [-0.05, 0) is 42.2 Å². The van der Waals surface area contributed by atoms with Gasteiger partial charge < -0.3 is 5.11 Å². The summed E-state index contributed by atoms with van der Waals surface area (Å²) in [5, 5.41) is 9.49. The molecule has 0 saturated heterocycles. The maximum absolute atomic E-state index is 12.3. The Balaban J connectivity index is 2.40. The van der Waals surface area contributed by atoms with Crippen LogP contribution in [-0.2, 0) is 6.18 Å². The number of hydrogen-bond donors (Lipinski definition) is 1. The molecule has 0 aliphatic carbocycles. The van der Waals surface area contributed by atoms with Gasteiger partial charge >= 0.3 is 6.18 Å². The number of phenolic OH excluding ortho intramolecular Hbond substituents is 1. The Labute approximate surface area is 98.7 Å². The number of rotatable bonds is 1. The number of aromatic hydroxyl groups is 1. The van der Waals surface area contributed by atoms with Crippen molar-refractivity contribution in [1.82, 2.24) is 9.36 Å². The zero-order valence-corrected chi connectivity index (χ0v) is 9.43. The van der Waals surface area contributed by atoms with Crippen LogP contribution in [0, 0.1) is 6.92 Å². The van der Waals surface area contributed by atoms with Crippen molar-refractivity contribution in [3.63, 3.8) is 0 Å². The third-order valence-electron chi connectivity index (χ3n) is 2.12. The summed E-state index contributed by atoms with van der Waals surface area (Å²) in [4.78, 5) is 3.42. The highest BCUT2D eigenvalue weighted by Gasteiger charge is 2.36. The van der Waals surface area contributed by atoms with E-state index >= 15 is 0 Å². The molecule has 0 amide bonds. The van der Waals surface area contributed by atoms with Crippen LogP contribution in [0.3, 0.4) is 0 Å². The molecule has 0 fully saturated rings. The molecule has 0 spiro atoms. The first-order chi connectivity index (χ1) is 7.88. The molecule has 1 heterocycles. The Kier molecular flexibility index (Phi) is 2.78. The summed E-state index contributed by atoms with van der Waals surface area (Å²) in [5.41, 5.74) is 1.08. The van der Waals surface area contributed by atoms with Gasteiger partial charge in [0.05, 0.1) is 0 Å². The number of halogens is 3. The highest BCUT2D eigenvalue weighted by molar-refractivity contribution is 7.09. The van der Waals surface area contributed by atoms with Crippen molar-refractivity contribution in [2.45, 2.75) is 13.1 Å². The van der Waals surface area contributed by atoms with Crippen molar-refractivity contribution < 1.29 is 18.3 Å². The van der Waals surface area contributed by atoms with Crippen LogP contribution in [0.2, 0.25) is 0 Å². The zero-order chi connectivity index (χ0) is 12.6. The number of benzene rings is 1. The van der Waals surface area contributed by atoms with Crippen molar-refractivity contribution in [2.75, 3.05) is 0 Å². The molecule has 7 heteroatoms. The molecule has 2 aromatic rings. The standard InChI is InChI=1S/C10H7F3N2OS/c1-5-4-6(2-3-7(5)16)8-14-9(15-17-8)10(11,12)13/h2-4,16H,1H3. The van der Waals surface area contributed by atoms with Crippen LogP contribution < -0.4 is 0 Å². The van der Waals surface area contributed by atoms with Crippen LogP contribution in [-0.4, -0.2) is 14.5 Å². The number of nitrogens with zero attached hydrogens (tertiary/aromatic N) is 2. The lowest BCUT2D eigenvalue weighted by atomic mass is 10.1. The van der Waals surface area contributed by atoms with Gasteiger partial charge in [-0.3, -0.25) is 0 Å². The van der Waals surface area contributed by atoms with Crippen molar-refractivity contribution in [3.05, 3.63) is 29.6 Å². The van der Waals surface area contributed by atoms with E-state index in [9.17, 15) is 18.3 Å². The molecule has 3 nitrogen and oxygen atoms in total. The van der Waals surface area contributed by atoms with E-state index in [-0.39, 0.29) is 10.8 Å². The molecule has 1 N–H and O–H groups in total. The molecule has 0 aliphatic heterocycles. The second-order valence-electron chi connectivity index (χ2n) is 3.42. The summed E-state index contributed by atoms with van der Waals surface area (Å²) >= 11 is 0.681. The van der Waals surface area contributed by atoms with Crippen LogP contribution in [0.25, 0.3) is 10.6 Å². The van der Waals surface area contributed by atoms with Gasteiger partial charge in [0, 0.05) is 5.56 Å². The molecule has 0 saturated carbocycles. The fourth-order valence-electron chi connectivity index (χ4n) is 1.24. The Morgan fingerprint density at radius 1 is 1.29 bits per heavy atom. The lowest BCUT2D eigenvalue weighted by Crippen LogP contribution is -2.06. The van der Waals surface area contributed by atoms with Crippen molar-refractivity contribution in [2.24, 2.45) is 0 Å². The van der Waals surface area contributed by atoms with E-state index in [0.717, 1.165) is 0 Å². The number of aryl methyl sites for hydroxylation is 1. The second-order valence-corrected chi connectivity index (χ2v) is 4.17. The third-order valence-corrected chi connectivity index (χ3v) is 2.89. The van der Waals surface area contributed by atoms with Crippen LogP contribution in [0.5, 0.6) is 5.75 Å². The van der Waals surface area contributed by atoms with E-state index in [4.69, 9.17) is 0 Å². The minimum Gasteiger partial charge on any atom is -0.508 e. The van der Waals surface area contributed by atoms with Crippen molar-refractivity contribution in [1.29, 1.82) is 0 Å². The van der Waals surface area contributed by atoms with Crippen LogP contribution in [0.4, 0.5) is 13.2 Å².